The van der Waals surface area contributed by atoms with E-state index in [1.54, 1.807) is 6.92 Å². The fourth-order valence-electron chi connectivity index (χ4n) is 8.09. The summed E-state index contributed by atoms with van der Waals surface area (Å²) in [6.45, 7) is 120. The molecule has 1 N–H and O–H groups in total. The van der Waals surface area contributed by atoms with Crippen LogP contribution in [0.2, 0.25) is 0 Å². The van der Waals surface area contributed by atoms with E-state index in [4.69, 9.17) is 43.4 Å². The molecule has 700 valence electrons. The molecule has 0 aliphatic carbocycles. The SMILES string of the molecule is C.C.CC(=S)OCC(C)C.CC(C)CC(C)C.CC(C)CC(C)C.CC(C)CC(C)C.CC(C)CC(C)C.CC(C)COC(=O)C(C)C.CC(C)COC(C)C.CC(C)CSC(=O)C(C)C.CC(C)CSC(=S)C(C)C.CC(C)CSC(C)C.CC(C)N=NC(C)C.CC(C)NC(C)C.CC(C)OC(C)C.CC(C)SC(C)C. The van der Waals surface area contributed by atoms with Crippen LogP contribution in [0.1, 0.15) is 421 Å². The topological polar surface area (TPSA) is 108 Å². The van der Waals surface area contributed by atoms with Crippen LogP contribution in [0.25, 0.3) is 0 Å². The van der Waals surface area contributed by atoms with E-state index in [1.165, 1.54) is 43.2 Å². The van der Waals surface area contributed by atoms with E-state index >= 15 is 0 Å². The van der Waals surface area contributed by atoms with Crippen LogP contribution >= 0.6 is 71.5 Å². The van der Waals surface area contributed by atoms with E-state index in [0.29, 0.717) is 88.8 Å². The molecule has 0 fully saturated rings. The number of nitrogens with zero attached hydrogens (tertiary/aromatic N) is 2. The zero-order chi connectivity index (χ0) is 91.7. The van der Waals surface area contributed by atoms with Crippen LogP contribution in [0.3, 0.4) is 0 Å². The summed E-state index contributed by atoms with van der Waals surface area (Å²) in [7, 11) is 0. The summed E-state index contributed by atoms with van der Waals surface area (Å²) in [6.07, 6.45) is 6.58. The molecule has 0 unspecified atom stereocenters. The second kappa shape index (κ2) is 106. The van der Waals surface area contributed by atoms with Crippen LogP contribution in [-0.2, 0) is 28.5 Å². The van der Waals surface area contributed by atoms with Crippen LogP contribution in [-0.4, -0.2) is 116 Å². The summed E-state index contributed by atoms with van der Waals surface area (Å²) in [5, 5.41) is 14.5. The van der Waals surface area contributed by atoms with Gasteiger partial charge in [-0.1, -0.05) is 343 Å². The quantitative estimate of drug-likeness (QED) is 0.0383. The standard InChI is InChI=1S/C8H16O2.C8H16OS.C8H16S2.C7H16O.C7H16S.4C7H16.C6H14N2.C6H15N.C6H12OS.C6H14O.C6H14S.2CH4/c3*1-6(2)5-10-8(9)7(3)4;2*1-6(2)5-8-7(3)4;4*1-6(2)5-7(3)4;1-5(2)7-8-6(3)4;1-5(2)7-6(3)4;1-5(2)4-7-6(3)8;2*1-5(2)7-6(3)4;;/h3*6-7H,5H2,1-4H3;2*6-7H,5H2,1-4H3;4*6-7H,5H2,1-4H3;5-6H,1-4H3;5-7H,1-4H3;5H,4H2,1-3H3;2*5-6H,1-4H3;2*1H4. The maximum Gasteiger partial charge on any atom is 0.308 e. The molecule has 0 aliphatic rings. The summed E-state index contributed by atoms with van der Waals surface area (Å²) in [4.78, 5) is 21.8. The van der Waals surface area contributed by atoms with Crippen molar-refractivity contribution in [1.82, 2.24) is 5.32 Å². The van der Waals surface area contributed by atoms with E-state index < -0.39 is 0 Å². The molecule has 0 aliphatic heterocycles. The maximum absolute atomic E-state index is 11.0. The molecule has 0 amide bonds. The predicted molar refractivity (Wildman–Crippen MR) is 548 cm³/mol. The molecule has 15 heteroatoms. The third-order valence-electron chi connectivity index (χ3n) is 11.3. The van der Waals surface area contributed by atoms with Crippen molar-refractivity contribution in [2.45, 2.75) is 480 Å². The van der Waals surface area contributed by atoms with Crippen molar-refractivity contribution in [3.05, 3.63) is 0 Å². The number of ether oxygens (including phenoxy) is 4. The normalized spacial score (nSPS) is 10.8. The highest BCUT2D eigenvalue weighted by Gasteiger charge is 2.10. The van der Waals surface area contributed by atoms with Gasteiger partial charge in [-0.05, 0) is 217 Å². The number of esters is 1. The van der Waals surface area contributed by atoms with Gasteiger partial charge in [0.25, 0.3) is 0 Å². The molecule has 0 aromatic rings. The Bertz CT molecular complexity index is 1530. The molecule has 0 spiro atoms. The number of hydrogen-bond donors (Lipinski definition) is 1. The Labute approximate surface area is 747 Å². The minimum Gasteiger partial charge on any atom is -0.487 e. The highest BCUT2D eigenvalue weighted by Crippen LogP contribution is 2.18. The zero-order valence-corrected chi connectivity index (χ0v) is 90.9. The molecule has 0 rings (SSSR count). The van der Waals surface area contributed by atoms with E-state index in [-0.39, 0.29) is 32.7 Å². The number of carbonyl (C=O) groups is 2. The van der Waals surface area contributed by atoms with Crippen LogP contribution in [0.4, 0.5) is 0 Å². The number of hydrogen-bond acceptors (Lipinski definition) is 15. The lowest BCUT2D eigenvalue weighted by molar-refractivity contribution is -0.148. The number of thiocarbonyl (C=S) groups is 2. The second-order valence-electron chi connectivity index (χ2n) is 38.7. The Balaban J connectivity index is -0.0000000641. The van der Waals surface area contributed by atoms with Gasteiger partial charge >= 0.3 is 5.97 Å². The van der Waals surface area contributed by atoms with Crippen molar-refractivity contribution in [3.63, 3.8) is 0 Å². The lowest BCUT2D eigenvalue weighted by atomic mass is 10.0. The fraction of sp³-hybridized carbons (Fsp3) is 0.959. The van der Waals surface area contributed by atoms with Gasteiger partial charge < -0.3 is 24.3 Å². The number of rotatable bonds is 33. The number of thioether (sulfide) groups is 4. The summed E-state index contributed by atoms with van der Waals surface area (Å²) in [5.74, 6) is 14.9. The Hall–Kier alpha value is -0.000000000000000222. The monoisotopic (exact) mass is 1730 g/mol. The van der Waals surface area contributed by atoms with E-state index in [0.717, 1.165) is 104 Å². The highest BCUT2D eigenvalue weighted by atomic mass is 32.2. The minimum atomic E-state index is -0.103. The van der Waals surface area contributed by atoms with Gasteiger partial charge in [-0.15, -0.1) is 11.8 Å². The molecular formula is C98H221N3O6S6. The largest absolute Gasteiger partial charge is 0.487 e. The molecule has 0 radical (unpaired) electrons. The summed E-state index contributed by atoms with van der Waals surface area (Å²) < 4.78 is 21.7. The fourth-order valence-corrected chi connectivity index (χ4v) is 11.9. The first-order chi connectivity index (χ1) is 50.0. The predicted octanol–water partition coefficient (Wildman–Crippen LogP) is 34.6. The van der Waals surface area contributed by atoms with E-state index in [1.807, 2.05) is 132 Å². The molecule has 0 heterocycles. The van der Waals surface area contributed by atoms with Crippen molar-refractivity contribution < 1.29 is 28.5 Å². The van der Waals surface area contributed by atoms with E-state index in [2.05, 4.69) is 292 Å². The van der Waals surface area contributed by atoms with Gasteiger partial charge in [-0.3, -0.25) is 9.59 Å². The second-order valence-corrected chi connectivity index (χ2v) is 45.9. The summed E-state index contributed by atoms with van der Waals surface area (Å²) in [5.41, 5.74) is 0. The summed E-state index contributed by atoms with van der Waals surface area (Å²) in [6, 6.07) is 1.94. The molecular weight excluding hydrogens is 1510 g/mol. The molecule has 0 atom stereocenters. The lowest BCUT2D eigenvalue weighted by Gasteiger charge is -2.10. The van der Waals surface area contributed by atoms with Crippen LogP contribution < -0.4 is 5.32 Å². The molecule has 113 heavy (non-hydrogen) atoms. The molecule has 0 saturated heterocycles. The Kier molecular flexibility index (Phi) is 142. The Morgan fingerprint density at radius 3 is 0.708 bits per heavy atom. The average molecular weight is 1730 g/mol. The van der Waals surface area contributed by atoms with Gasteiger partial charge in [0.2, 0.25) is 0 Å². The summed E-state index contributed by atoms with van der Waals surface area (Å²) >= 11 is 17.2. The van der Waals surface area contributed by atoms with Crippen molar-refractivity contribution in [2.75, 3.05) is 37.1 Å². The van der Waals surface area contributed by atoms with Crippen molar-refractivity contribution in [1.29, 1.82) is 0 Å². The smallest absolute Gasteiger partial charge is 0.308 e. The number of nitrogens with one attached hydrogen (secondary N) is 1. The third-order valence-corrected chi connectivity index (χ3v) is 18.0. The maximum atomic E-state index is 11.0. The van der Waals surface area contributed by atoms with Gasteiger partial charge in [-0.2, -0.15) is 33.8 Å². The van der Waals surface area contributed by atoms with Gasteiger partial charge in [0.1, 0.15) is 0 Å². The Morgan fingerprint density at radius 2 is 0.593 bits per heavy atom. The van der Waals surface area contributed by atoms with Gasteiger partial charge in [0.05, 0.1) is 53.7 Å². The minimum absolute atomic E-state index is 0. The van der Waals surface area contributed by atoms with Gasteiger partial charge in [0, 0.05) is 43.0 Å². The number of azo groups is 1. The first-order valence-corrected chi connectivity index (χ1v) is 49.1. The van der Waals surface area contributed by atoms with Crippen molar-refractivity contribution >= 4 is 91.8 Å². The van der Waals surface area contributed by atoms with Gasteiger partial charge in [-0.25, -0.2) is 0 Å². The van der Waals surface area contributed by atoms with E-state index in [9.17, 15) is 9.59 Å². The third kappa shape index (κ3) is 241. The molecule has 9 nitrogen and oxygen atoms in total. The Morgan fingerprint density at radius 1 is 0.319 bits per heavy atom. The molecule has 0 bridgehead atoms. The van der Waals surface area contributed by atoms with Crippen molar-refractivity contribution in [2.24, 2.45) is 111 Å². The highest BCUT2D eigenvalue weighted by molar-refractivity contribution is 8.23. The first kappa shape index (κ1) is 151. The molecule has 0 aromatic heterocycles. The van der Waals surface area contributed by atoms with Crippen LogP contribution in [0.5, 0.6) is 0 Å². The molecule has 0 saturated carbocycles. The average Bonchev–Trinajstić information content (AvgIpc) is 1.01. The molecule has 0 aromatic carbocycles. The van der Waals surface area contributed by atoms with Crippen LogP contribution in [0.15, 0.2) is 10.2 Å². The van der Waals surface area contributed by atoms with Gasteiger partial charge in [0.15, 0.2) is 10.2 Å². The lowest BCUT2D eigenvalue weighted by Crippen LogP contribution is -2.29. The van der Waals surface area contributed by atoms with Crippen LogP contribution in [0, 0.1) is 101 Å². The van der Waals surface area contributed by atoms with Crippen molar-refractivity contribution in [3.8, 4) is 0 Å². The number of carbonyl (C=O) groups excluding carboxylic acids is 2. The zero-order valence-electron chi connectivity index (χ0n) is 86.0. The first-order valence-electron chi connectivity index (χ1n) is 44.3.